The van der Waals surface area contributed by atoms with Crippen LogP contribution in [0.1, 0.15) is 18.5 Å². The van der Waals surface area contributed by atoms with Crippen LogP contribution in [0.5, 0.6) is 11.5 Å². The third kappa shape index (κ3) is 2.92. The molecule has 0 fully saturated rings. The van der Waals surface area contributed by atoms with Crippen LogP contribution in [0.4, 0.5) is 10.1 Å². The lowest BCUT2D eigenvalue weighted by Gasteiger charge is -2.14. The van der Waals surface area contributed by atoms with Gasteiger partial charge in [-0.05, 0) is 25.1 Å². The molecule has 0 unspecified atom stereocenters. The molecule has 0 aliphatic carbocycles. The van der Waals surface area contributed by atoms with Crippen LogP contribution in [-0.2, 0) is 0 Å². The molecule has 0 radical (unpaired) electrons. The van der Waals surface area contributed by atoms with Gasteiger partial charge in [0.25, 0.3) is 5.69 Å². The predicted molar refractivity (Wildman–Crippen MR) is 72.2 cm³/mol. The number of halogens is 1. The molecule has 0 saturated heterocycles. The topological polar surface area (TPSA) is 78.4 Å². The Morgan fingerprint density at radius 2 is 2.00 bits per heavy atom. The van der Waals surface area contributed by atoms with Crippen molar-refractivity contribution in [3.05, 3.63) is 64.0 Å². The summed E-state index contributed by atoms with van der Waals surface area (Å²) in [7, 11) is 0. The highest BCUT2D eigenvalue weighted by atomic mass is 19.1. The zero-order valence-electron chi connectivity index (χ0n) is 10.7. The minimum absolute atomic E-state index is 0.0961. The normalized spacial score (nSPS) is 11.9. The summed E-state index contributed by atoms with van der Waals surface area (Å²) in [5.41, 5.74) is 5.86. The lowest BCUT2D eigenvalue weighted by molar-refractivity contribution is -0.384. The van der Waals surface area contributed by atoms with Gasteiger partial charge >= 0.3 is 0 Å². The SMILES string of the molecule is C[C@@H](N)c1c(F)cccc1Oc1cccc([N+](=O)[O-])c1. The van der Waals surface area contributed by atoms with Crippen molar-refractivity contribution in [1.82, 2.24) is 0 Å². The molecule has 2 rings (SSSR count). The first kappa shape index (κ1) is 14.0. The average molecular weight is 276 g/mol. The van der Waals surface area contributed by atoms with Crippen LogP contribution in [0.15, 0.2) is 42.5 Å². The summed E-state index contributed by atoms with van der Waals surface area (Å²) < 4.78 is 19.3. The fraction of sp³-hybridized carbons (Fsp3) is 0.143. The Balaban J connectivity index is 2.37. The molecule has 2 N–H and O–H groups in total. The van der Waals surface area contributed by atoms with Gasteiger partial charge in [0.1, 0.15) is 17.3 Å². The quantitative estimate of drug-likeness (QED) is 0.684. The Kier molecular flexibility index (Phi) is 3.95. The number of rotatable bonds is 4. The molecule has 2 aromatic carbocycles. The Morgan fingerprint density at radius 3 is 2.65 bits per heavy atom. The highest BCUT2D eigenvalue weighted by Gasteiger charge is 2.15. The molecule has 0 saturated carbocycles. The van der Waals surface area contributed by atoms with Gasteiger partial charge < -0.3 is 10.5 Å². The second-order valence-electron chi connectivity index (χ2n) is 4.30. The van der Waals surface area contributed by atoms with Crippen LogP contribution in [0.25, 0.3) is 0 Å². The van der Waals surface area contributed by atoms with Gasteiger partial charge in [-0.1, -0.05) is 12.1 Å². The maximum atomic E-state index is 13.7. The monoisotopic (exact) mass is 276 g/mol. The largest absolute Gasteiger partial charge is 0.457 e. The molecule has 0 amide bonds. The van der Waals surface area contributed by atoms with Crippen LogP contribution in [0.2, 0.25) is 0 Å². The van der Waals surface area contributed by atoms with Crippen molar-refractivity contribution >= 4 is 5.69 Å². The number of hydrogen-bond donors (Lipinski definition) is 1. The lowest BCUT2D eigenvalue weighted by atomic mass is 10.1. The second-order valence-corrected chi connectivity index (χ2v) is 4.30. The van der Waals surface area contributed by atoms with Crippen molar-refractivity contribution in [1.29, 1.82) is 0 Å². The number of nitro groups is 1. The summed E-state index contributed by atoms with van der Waals surface area (Å²) in [4.78, 5) is 10.2. The van der Waals surface area contributed by atoms with Crippen molar-refractivity contribution in [2.75, 3.05) is 0 Å². The maximum Gasteiger partial charge on any atom is 0.273 e. The third-order valence-corrected chi connectivity index (χ3v) is 2.72. The number of hydrogen-bond acceptors (Lipinski definition) is 4. The van der Waals surface area contributed by atoms with Gasteiger partial charge in [0.15, 0.2) is 0 Å². The first-order valence-corrected chi connectivity index (χ1v) is 5.95. The number of nitro benzene ring substituents is 1. The molecule has 0 aliphatic heterocycles. The standard InChI is InChI=1S/C14H13FN2O3/c1-9(16)14-12(15)6-3-7-13(14)20-11-5-2-4-10(8-11)17(18)19/h2-9H,16H2,1H3/t9-/m1/s1. The number of nitrogens with two attached hydrogens (primary N) is 1. The van der Waals surface area contributed by atoms with E-state index in [-0.39, 0.29) is 22.7 Å². The van der Waals surface area contributed by atoms with Crippen molar-refractivity contribution in [2.24, 2.45) is 5.73 Å². The molecule has 0 spiro atoms. The Labute approximate surface area is 114 Å². The first-order valence-electron chi connectivity index (χ1n) is 5.95. The summed E-state index contributed by atoms with van der Waals surface area (Å²) in [5, 5.41) is 10.7. The van der Waals surface area contributed by atoms with E-state index >= 15 is 0 Å². The number of benzene rings is 2. The van der Waals surface area contributed by atoms with Gasteiger partial charge in [-0.15, -0.1) is 0 Å². The van der Waals surface area contributed by atoms with E-state index < -0.39 is 16.8 Å². The van der Waals surface area contributed by atoms with E-state index in [0.29, 0.717) is 0 Å². The molecule has 2 aromatic rings. The van der Waals surface area contributed by atoms with Gasteiger partial charge in [0, 0.05) is 17.7 Å². The maximum absolute atomic E-state index is 13.7. The summed E-state index contributed by atoms with van der Waals surface area (Å²) in [6.07, 6.45) is 0. The number of ether oxygens (including phenoxy) is 1. The number of non-ortho nitro benzene ring substituents is 1. The Bertz CT molecular complexity index is 644. The molecule has 1 atom stereocenters. The van der Waals surface area contributed by atoms with Crippen molar-refractivity contribution in [3.8, 4) is 11.5 Å². The van der Waals surface area contributed by atoms with E-state index in [0.717, 1.165) is 0 Å². The zero-order chi connectivity index (χ0) is 14.7. The summed E-state index contributed by atoms with van der Waals surface area (Å²) in [5.74, 6) is 0.0372. The number of nitrogens with zero attached hydrogens (tertiary/aromatic N) is 1. The summed E-state index contributed by atoms with van der Waals surface area (Å²) in [6.45, 7) is 1.64. The molecule has 6 heteroatoms. The van der Waals surface area contributed by atoms with Crippen LogP contribution in [0.3, 0.4) is 0 Å². The highest BCUT2D eigenvalue weighted by molar-refractivity contribution is 5.43. The minimum Gasteiger partial charge on any atom is -0.457 e. The summed E-state index contributed by atoms with van der Waals surface area (Å²) in [6, 6.07) is 9.49. The van der Waals surface area contributed by atoms with E-state index in [4.69, 9.17) is 10.5 Å². The van der Waals surface area contributed by atoms with Gasteiger partial charge in [-0.3, -0.25) is 10.1 Å². The van der Waals surface area contributed by atoms with Gasteiger partial charge in [0.2, 0.25) is 0 Å². The van der Waals surface area contributed by atoms with Gasteiger partial charge in [-0.2, -0.15) is 0 Å². The molecular weight excluding hydrogens is 263 g/mol. The van der Waals surface area contributed by atoms with Crippen molar-refractivity contribution < 1.29 is 14.1 Å². The van der Waals surface area contributed by atoms with Crippen molar-refractivity contribution in [2.45, 2.75) is 13.0 Å². The molecule has 0 bridgehead atoms. The van der Waals surface area contributed by atoms with Gasteiger partial charge in [-0.25, -0.2) is 4.39 Å². The third-order valence-electron chi connectivity index (χ3n) is 2.72. The smallest absolute Gasteiger partial charge is 0.273 e. The zero-order valence-corrected chi connectivity index (χ0v) is 10.7. The summed E-state index contributed by atoms with van der Waals surface area (Å²) >= 11 is 0. The predicted octanol–water partition coefficient (Wildman–Crippen LogP) is 3.55. The van der Waals surface area contributed by atoms with Crippen molar-refractivity contribution in [3.63, 3.8) is 0 Å². The van der Waals surface area contributed by atoms with Gasteiger partial charge in [0.05, 0.1) is 11.0 Å². The fourth-order valence-electron chi connectivity index (χ4n) is 1.84. The Morgan fingerprint density at radius 1 is 1.30 bits per heavy atom. The Hall–Kier alpha value is -2.47. The minimum atomic E-state index is -0.551. The highest BCUT2D eigenvalue weighted by Crippen LogP contribution is 2.31. The van der Waals surface area contributed by atoms with E-state index in [2.05, 4.69) is 0 Å². The molecule has 104 valence electrons. The molecular formula is C14H13FN2O3. The molecule has 0 heterocycles. The van der Waals surface area contributed by atoms with E-state index in [1.165, 1.54) is 30.3 Å². The van der Waals surface area contributed by atoms with Crippen LogP contribution >= 0.6 is 0 Å². The molecule has 20 heavy (non-hydrogen) atoms. The van der Waals surface area contributed by atoms with Crippen LogP contribution in [-0.4, -0.2) is 4.92 Å². The van der Waals surface area contributed by atoms with Crippen LogP contribution in [0, 0.1) is 15.9 Å². The lowest BCUT2D eigenvalue weighted by Crippen LogP contribution is -2.09. The van der Waals surface area contributed by atoms with E-state index in [1.807, 2.05) is 0 Å². The second kappa shape index (κ2) is 5.66. The molecule has 0 aromatic heterocycles. The first-order chi connectivity index (χ1) is 9.49. The van der Waals surface area contributed by atoms with E-state index in [1.54, 1.807) is 19.1 Å². The molecule has 5 nitrogen and oxygen atoms in total. The fourth-order valence-corrected chi connectivity index (χ4v) is 1.84. The average Bonchev–Trinajstić information content (AvgIpc) is 2.38. The van der Waals surface area contributed by atoms with Crippen LogP contribution < -0.4 is 10.5 Å². The molecule has 0 aliphatic rings. The van der Waals surface area contributed by atoms with E-state index in [9.17, 15) is 14.5 Å².